The molecule has 0 aromatic heterocycles. The third-order valence-electron chi connectivity index (χ3n) is 4.53. The van der Waals surface area contributed by atoms with E-state index in [1.165, 1.54) is 16.9 Å². The van der Waals surface area contributed by atoms with Crippen molar-refractivity contribution < 1.29 is 14.3 Å². The zero-order valence-electron chi connectivity index (χ0n) is 16.0. The highest BCUT2D eigenvalue weighted by Gasteiger charge is 2.25. The molecule has 28 heavy (non-hydrogen) atoms. The van der Waals surface area contributed by atoms with Gasteiger partial charge in [0.2, 0.25) is 5.91 Å². The van der Waals surface area contributed by atoms with Crippen LogP contribution in [0.5, 0.6) is 0 Å². The Morgan fingerprint density at radius 3 is 2.29 bits per heavy atom. The normalized spacial score (nSPS) is 13.3. The van der Waals surface area contributed by atoms with Gasteiger partial charge in [-0.25, -0.2) is 4.79 Å². The zero-order valence-corrected chi connectivity index (χ0v) is 17.6. The van der Waals surface area contributed by atoms with Gasteiger partial charge in [-0.3, -0.25) is 4.79 Å². The SMILES string of the molecule is COC(=O)[C@H](CCSC)NC(=O)CCN1c2ccccc2Sc2ccccc21. The van der Waals surface area contributed by atoms with Crippen molar-refractivity contribution >= 4 is 46.8 Å². The number of nitrogens with zero attached hydrogens (tertiary/aromatic N) is 1. The smallest absolute Gasteiger partial charge is 0.328 e. The molecule has 0 aliphatic carbocycles. The van der Waals surface area contributed by atoms with E-state index in [1.807, 2.05) is 30.5 Å². The molecule has 1 amide bonds. The highest BCUT2D eigenvalue weighted by Crippen LogP contribution is 2.47. The Morgan fingerprint density at radius 2 is 1.71 bits per heavy atom. The van der Waals surface area contributed by atoms with Crippen LogP contribution in [0.25, 0.3) is 0 Å². The lowest BCUT2D eigenvalue weighted by Crippen LogP contribution is -2.42. The second kappa shape index (κ2) is 9.89. The van der Waals surface area contributed by atoms with Gasteiger partial charge in [0.15, 0.2) is 0 Å². The number of anilines is 2. The number of thioether (sulfide) groups is 1. The quantitative estimate of drug-likeness (QED) is 0.654. The zero-order chi connectivity index (χ0) is 19.9. The Bertz CT molecular complexity index is 798. The highest BCUT2D eigenvalue weighted by atomic mass is 32.2. The summed E-state index contributed by atoms with van der Waals surface area (Å²) in [6.07, 6.45) is 2.82. The Balaban J connectivity index is 1.70. The number of nitrogens with one attached hydrogen (secondary N) is 1. The Kier molecular flexibility index (Phi) is 7.28. The van der Waals surface area contributed by atoms with Crippen LogP contribution in [0.2, 0.25) is 0 Å². The lowest BCUT2D eigenvalue weighted by Gasteiger charge is -2.32. The minimum absolute atomic E-state index is 0.148. The van der Waals surface area contributed by atoms with Gasteiger partial charge in [0.25, 0.3) is 0 Å². The second-order valence-electron chi connectivity index (χ2n) is 6.36. The van der Waals surface area contributed by atoms with Crippen molar-refractivity contribution in [2.24, 2.45) is 0 Å². The number of amides is 1. The molecule has 1 aliphatic heterocycles. The van der Waals surface area contributed by atoms with Crippen molar-refractivity contribution in [3.05, 3.63) is 48.5 Å². The van der Waals surface area contributed by atoms with Crippen LogP contribution in [0.1, 0.15) is 12.8 Å². The third-order valence-corrected chi connectivity index (χ3v) is 6.30. The molecular formula is C21H24N2O3S2. The summed E-state index contributed by atoms with van der Waals surface area (Å²) in [5.74, 6) is 0.238. The first-order valence-corrected chi connectivity index (χ1v) is 11.3. The lowest BCUT2D eigenvalue weighted by atomic mass is 10.2. The fraction of sp³-hybridized carbons (Fsp3) is 0.333. The standard InChI is InChI=1S/C21H24N2O3S2/c1-26-21(25)15(12-14-27-2)22-20(24)11-13-23-16-7-3-5-9-18(16)28-19-10-6-4-8-17(19)23/h3-10,15H,11-14H2,1-2H3,(H,22,24)/t15-/m0/s1. The number of rotatable bonds is 8. The van der Waals surface area contributed by atoms with Crippen molar-refractivity contribution in [3.63, 3.8) is 0 Å². The number of hydrogen-bond donors (Lipinski definition) is 1. The number of esters is 1. The lowest BCUT2D eigenvalue weighted by molar-refractivity contribution is -0.145. The van der Waals surface area contributed by atoms with Crippen LogP contribution in [-0.4, -0.2) is 43.6 Å². The van der Waals surface area contributed by atoms with Crippen molar-refractivity contribution in [2.75, 3.05) is 30.6 Å². The molecule has 0 bridgehead atoms. The maximum atomic E-state index is 12.5. The minimum Gasteiger partial charge on any atom is -0.467 e. The van der Waals surface area contributed by atoms with E-state index in [-0.39, 0.29) is 5.91 Å². The molecule has 1 heterocycles. The number of methoxy groups -OCH3 is 1. The van der Waals surface area contributed by atoms with E-state index in [0.29, 0.717) is 19.4 Å². The maximum Gasteiger partial charge on any atom is 0.328 e. The molecule has 0 unspecified atom stereocenters. The molecule has 0 fully saturated rings. The predicted octanol–water partition coefficient (Wildman–Crippen LogP) is 4.09. The first-order valence-electron chi connectivity index (χ1n) is 9.13. The number of carbonyl (C=O) groups is 2. The molecule has 0 spiro atoms. The van der Waals surface area contributed by atoms with Gasteiger partial charge in [0.05, 0.1) is 18.5 Å². The molecule has 3 rings (SSSR count). The van der Waals surface area contributed by atoms with E-state index in [1.54, 1.807) is 23.5 Å². The molecular weight excluding hydrogens is 392 g/mol. The average Bonchev–Trinajstić information content (AvgIpc) is 2.73. The van der Waals surface area contributed by atoms with Crippen LogP contribution in [0.4, 0.5) is 11.4 Å². The molecule has 7 heteroatoms. The largest absolute Gasteiger partial charge is 0.467 e. The fourth-order valence-corrected chi connectivity index (χ4v) is 4.70. The third kappa shape index (κ3) is 4.83. The molecule has 1 atom stereocenters. The molecule has 5 nitrogen and oxygen atoms in total. The Hall–Kier alpha value is -2.12. The van der Waals surface area contributed by atoms with Crippen LogP contribution in [0.15, 0.2) is 58.3 Å². The van der Waals surface area contributed by atoms with Gasteiger partial charge in [-0.2, -0.15) is 11.8 Å². The van der Waals surface area contributed by atoms with Crippen LogP contribution in [0, 0.1) is 0 Å². The van der Waals surface area contributed by atoms with Gasteiger partial charge >= 0.3 is 5.97 Å². The molecule has 0 saturated carbocycles. The molecule has 148 valence electrons. The van der Waals surface area contributed by atoms with Crippen molar-refractivity contribution in [1.29, 1.82) is 0 Å². The summed E-state index contributed by atoms with van der Waals surface area (Å²) in [7, 11) is 1.35. The molecule has 0 radical (unpaired) electrons. The minimum atomic E-state index is -0.596. The summed E-state index contributed by atoms with van der Waals surface area (Å²) >= 11 is 3.38. The summed E-state index contributed by atoms with van der Waals surface area (Å²) in [4.78, 5) is 29.0. The van der Waals surface area contributed by atoms with Crippen molar-refractivity contribution in [1.82, 2.24) is 5.32 Å². The summed E-state index contributed by atoms with van der Waals surface area (Å²) in [5.41, 5.74) is 2.21. The van der Waals surface area contributed by atoms with Crippen molar-refractivity contribution in [2.45, 2.75) is 28.7 Å². The first kappa shape index (κ1) is 20.6. The molecule has 1 aliphatic rings. The van der Waals surface area contributed by atoms with Crippen LogP contribution < -0.4 is 10.2 Å². The number of hydrogen-bond acceptors (Lipinski definition) is 6. The Morgan fingerprint density at radius 1 is 1.11 bits per heavy atom. The summed E-state index contributed by atoms with van der Waals surface area (Å²) in [5, 5.41) is 2.83. The first-order chi connectivity index (χ1) is 13.6. The van der Waals surface area contributed by atoms with E-state index in [2.05, 4.69) is 34.5 Å². The molecule has 1 N–H and O–H groups in total. The number of ether oxygens (including phenoxy) is 1. The van der Waals surface area contributed by atoms with Crippen LogP contribution in [0.3, 0.4) is 0 Å². The van der Waals surface area contributed by atoms with E-state index in [4.69, 9.17) is 4.74 Å². The van der Waals surface area contributed by atoms with Gasteiger partial charge in [-0.15, -0.1) is 0 Å². The summed E-state index contributed by atoms with van der Waals surface area (Å²) in [6, 6.07) is 15.8. The summed E-state index contributed by atoms with van der Waals surface area (Å²) in [6.45, 7) is 0.539. The predicted molar refractivity (Wildman–Crippen MR) is 116 cm³/mol. The number of para-hydroxylation sites is 2. The second-order valence-corrected chi connectivity index (χ2v) is 8.43. The molecule has 2 aromatic rings. The monoisotopic (exact) mass is 416 g/mol. The van der Waals surface area contributed by atoms with Crippen LogP contribution in [-0.2, 0) is 14.3 Å². The van der Waals surface area contributed by atoms with Crippen molar-refractivity contribution in [3.8, 4) is 0 Å². The summed E-state index contributed by atoms with van der Waals surface area (Å²) < 4.78 is 4.82. The van der Waals surface area contributed by atoms with E-state index in [0.717, 1.165) is 17.1 Å². The Labute approximate surface area is 174 Å². The number of carbonyl (C=O) groups excluding carboxylic acids is 2. The van der Waals surface area contributed by atoms with Gasteiger partial charge in [0, 0.05) is 22.8 Å². The maximum absolute atomic E-state index is 12.5. The van der Waals surface area contributed by atoms with E-state index in [9.17, 15) is 9.59 Å². The molecule has 0 saturated heterocycles. The number of benzene rings is 2. The fourth-order valence-electron chi connectivity index (χ4n) is 3.13. The van der Waals surface area contributed by atoms with Gasteiger partial charge in [-0.1, -0.05) is 36.0 Å². The van der Waals surface area contributed by atoms with Crippen LogP contribution >= 0.6 is 23.5 Å². The topological polar surface area (TPSA) is 58.6 Å². The average molecular weight is 417 g/mol. The number of fused-ring (bicyclic) bond motifs is 2. The van der Waals surface area contributed by atoms with Gasteiger partial charge in [-0.05, 0) is 42.7 Å². The van der Waals surface area contributed by atoms with E-state index < -0.39 is 12.0 Å². The highest BCUT2D eigenvalue weighted by molar-refractivity contribution is 7.99. The molecule has 2 aromatic carbocycles. The van der Waals surface area contributed by atoms with Gasteiger partial charge in [0.1, 0.15) is 6.04 Å². The van der Waals surface area contributed by atoms with E-state index >= 15 is 0 Å². The van der Waals surface area contributed by atoms with Gasteiger partial charge < -0.3 is 15.0 Å².